The van der Waals surface area contributed by atoms with Gasteiger partial charge in [-0.05, 0) is 48.9 Å². The molecule has 7 heteroatoms. The van der Waals surface area contributed by atoms with Gasteiger partial charge in [0, 0.05) is 36.5 Å². The van der Waals surface area contributed by atoms with Crippen molar-refractivity contribution in [1.29, 1.82) is 0 Å². The van der Waals surface area contributed by atoms with E-state index < -0.39 is 12.3 Å². The predicted molar refractivity (Wildman–Crippen MR) is 127 cm³/mol. The Balaban J connectivity index is 1.16. The number of fused-ring (bicyclic) bond motifs is 1. The van der Waals surface area contributed by atoms with E-state index in [1.54, 1.807) is 4.57 Å². The molecule has 7 nitrogen and oxygen atoms in total. The van der Waals surface area contributed by atoms with E-state index in [-0.39, 0.29) is 17.6 Å². The van der Waals surface area contributed by atoms with Crippen molar-refractivity contribution in [2.75, 3.05) is 5.32 Å². The van der Waals surface area contributed by atoms with Crippen molar-refractivity contribution < 1.29 is 10.2 Å². The lowest BCUT2D eigenvalue weighted by Gasteiger charge is -2.23. The van der Waals surface area contributed by atoms with Gasteiger partial charge in [0.05, 0.1) is 12.1 Å². The minimum atomic E-state index is -0.865. The van der Waals surface area contributed by atoms with E-state index in [2.05, 4.69) is 27.8 Å². The summed E-state index contributed by atoms with van der Waals surface area (Å²) in [7, 11) is 0. The first-order valence-electron chi connectivity index (χ1n) is 11.7. The minimum Gasteiger partial charge on any atom is -0.387 e. The molecule has 172 valence electrons. The molecule has 0 saturated carbocycles. The Bertz CT molecular complexity index is 1130. The van der Waals surface area contributed by atoms with Gasteiger partial charge >= 0.3 is 0 Å². The van der Waals surface area contributed by atoms with Gasteiger partial charge in [-0.15, -0.1) is 0 Å². The van der Waals surface area contributed by atoms with Crippen molar-refractivity contribution in [2.24, 2.45) is 0 Å². The van der Waals surface area contributed by atoms with Crippen molar-refractivity contribution in [3.05, 3.63) is 94.2 Å². The number of aliphatic hydroxyl groups is 2. The van der Waals surface area contributed by atoms with Crippen LogP contribution in [-0.4, -0.2) is 38.1 Å². The zero-order valence-electron chi connectivity index (χ0n) is 18.5. The number of nitrogens with one attached hydrogen (secondary N) is 2. The molecular weight excluding hydrogens is 416 g/mol. The molecule has 2 aliphatic rings. The van der Waals surface area contributed by atoms with Crippen LogP contribution in [0.1, 0.15) is 48.4 Å². The van der Waals surface area contributed by atoms with Gasteiger partial charge in [-0.25, -0.2) is 4.98 Å². The van der Waals surface area contributed by atoms with E-state index in [1.807, 2.05) is 42.5 Å². The third-order valence-electron chi connectivity index (χ3n) is 6.86. The Morgan fingerprint density at radius 1 is 1.03 bits per heavy atom. The van der Waals surface area contributed by atoms with Crippen LogP contribution in [0.3, 0.4) is 0 Å². The van der Waals surface area contributed by atoms with Crippen molar-refractivity contribution in [3.8, 4) is 0 Å². The average molecular weight is 447 g/mol. The molecule has 0 bridgehead atoms. The van der Waals surface area contributed by atoms with Gasteiger partial charge < -0.3 is 20.8 Å². The first-order valence-corrected chi connectivity index (χ1v) is 11.7. The summed E-state index contributed by atoms with van der Waals surface area (Å²) < 4.78 is 1.60. The van der Waals surface area contributed by atoms with Crippen LogP contribution < -0.4 is 16.2 Å². The molecule has 3 aromatic rings. The van der Waals surface area contributed by atoms with Crippen molar-refractivity contribution in [3.63, 3.8) is 0 Å². The van der Waals surface area contributed by atoms with Crippen LogP contribution in [0.2, 0.25) is 0 Å². The molecule has 33 heavy (non-hydrogen) atoms. The van der Waals surface area contributed by atoms with E-state index >= 15 is 0 Å². The highest BCUT2D eigenvalue weighted by Crippen LogP contribution is 2.28. The molecule has 3 heterocycles. The molecule has 0 radical (unpaired) electrons. The smallest absolute Gasteiger partial charge is 0.253 e. The van der Waals surface area contributed by atoms with E-state index in [4.69, 9.17) is 0 Å². The molecule has 1 fully saturated rings. The van der Waals surface area contributed by atoms with Crippen molar-refractivity contribution >= 4 is 5.69 Å². The van der Waals surface area contributed by atoms with Crippen LogP contribution in [0.5, 0.6) is 0 Å². The standard InChI is InChI=1S/C26H30N4O3/c31-24-14-15-27-23-13-12-22(30(23)24)26(33)29-19-8-6-17(7-9-19)16-20-10-11-21(28-20)25(32)18-4-2-1-3-5-18/h1-9,14-15,20-22,25-26,28-29,32-33H,10-13,16H2/t20?,21?,22-,25+,26?/m0/s1. The number of benzene rings is 2. The maximum atomic E-state index is 12.2. The number of aromatic nitrogens is 2. The third kappa shape index (κ3) is 4.71. The average Bonchev–Trinajstić information content (AvgIpc) is 3.49. The normalized spacial score (nSPS) is 23.8. The highest BCUT2D eigenvalue weighted by molar-refractivity contribution is 5.45. The van der Waals surface area contributed by atoms with E-state index in [9.17, 15) is 15.0 Å². The quantitative estimate of drug-likeness (QED) is 0.417. The van der Waals surface area contributed by atoms with Crippen LogP contribution in [0.25, 0.3) is 0 Å². The Morgan fingerprint density at radius 2 is 1.82 bits per heavy atom. The molecule has 2 aromatic carbocycles. The second-order valence-electron chi connectivity index (χ2n) is 9.07. The molecule has 5 rings (SSSR count). The summed E-state index contributed by atoms with van der Waals surface area (Å²) in [6, 6.07) is 19.4. The van der Waals surface area contributed by atoms with Gasteiger partial charge in [-0.1, -0.05) is 42.5 Å². The van der Waals surface area contributed by atoms with Crippen molar-refractivity contribution in [1.82, 2.24) is 14.9 Å². The molecule has 2 aliphatic heterocycles. The lowest BCUT2D eigenvalue weighted by molar-refractivity contribution is 0.135. The number of hydrogen-bond donors (Lipinski definition) is 4. The number of nitrogens with zero attached hydrogens (tertiary/aromatic N) is 2. The maximum absolute atomic E-state index is 12.2. The van der Waals surface area contributed by atoms with Crippen LogP contribution in [-0.2, 0) is 12.8 Å². The van der Waals surface area contributed by atoms with E-state index in [0.29, 0.717) is 18.9 Å². The first-order chi connectivity index (χ1) is 16.1. The summed E-state index contributed by atoms with van der Waals surface area (Å²) >= 11 is 0. The lowest BCUT2D eigenvalue weighted by Crippen LogP contribution is -2.35. The molecule has 0 amide bonds. The zero-order chi connectivity index (χ0) is 22.8. The largest absolute Gasteiger partial charge is 0.387 e. The molecule has 5 atom stereocenters. The van der Waals surface area contributed by atoms with Crippen LogP contribution in [0.15, 0.2) is 71.7 Å². The Kier molecular flexibility index (Phi) is 6.26. The third-order valence-corrected chi connectivity index (χ3v) is 6.86. The molecule has 1 aromatic heterocycles. The van der Waals surface area contributed by atoms with Gasteiger partial charge in [0.2, 0.25) is 0 Å². The number of aryl methyl sites for hydroxylation is 1. The summed E-state index contributed by atoms with van der Waals surface area (Å²) in [5, 5.41) is 28.1. The molecular formula is C26H30N4O3. The summed E-state index contributed by atoms with van der Waals surface area (Å²) in [6.07, 6.45) is 4.40. The monoisotopic (exact) mass is 446 g/mol. The minimum absolute atomic E-state index is 0.0701. The molecule has 3 unspecified atom stereocenters. The highest BCUT2D eigenvalue weighted by atomic mass is 16.3. The summed E-state index contributed by atoms with van der Waals surface area (Å²) in [6.45, 7) is 0. The predicted octanol–water partition coefficient (Wildman–Crippen LogP) is 2.56. The van der Waals surface area contributed by atoms with Gasteiger partial charge in [-0.3, -0.25) is 9.36 Å². The maximum Gasteiger partial charge on any atom is 0.253 e. The molecule has 0 aliphatic carbocycles. The fourth-order valence-electron chi connectivity index (χ4n) is 5.13. The van der Waals surface area contributed by atoms with Gasteiger partial charge in [-0.2, -0.15) is 0 Å². The first kappa shape index (κ1) is 21.8. The summed E-state index contributed by atoms with van der Waals surface area (Å²) in [5.74, 6) is 0.725. The van der Waals surface area contributed by atoms with E-state index in [0.717, 1.165) is 36.3 Å². The second-order valence-corrected chi connectivity index (χ2v) is 9.07. The Labute approximate surface area is 193 Å². The summed E-state index contributed by atoms with van der Waals surface area (Å²) in [5.41, 5.74) is 2.84. The van der Waals surface area contributed by atoms with Crippen molar-refractivity contribution in [2.45, 2.75) is 62.6 Å². The SMILES string of the molecule is O=c1ccnc2n1[C@H](C(O)Nc1ccc(CC3CCC([C@H](O)c4ccccc4)N3)cc1)CC2. The summed E-state index contributed by atoms with van der Waals surface area (Å²) in [4.78, 5) is 16.5. The number of anilines is 1. The lowest BCUT2D eigenvalue weighted by atomic mass is 10.0. The van der Waals surface area contributed by atoms with Gasteiger partial charge in [0.25, 0.3) is 5.56 Å². The number of hydrogen-bond acceptors (Lipinski definition) is 6. The number of aliphatic hydroxyl groups excluding tert-OH is 2. The highest BCUT2D eigenvalue weighted by Gasteiger charge is 2.31. The second kappa shape index (κ2) is 9.47. The fraction of sp³-hybridized carbons (Fsp3) is 0.385. The zero-order valence-corrected chi connectivity index (χ0v) is 18.5. The topological polar surface area (TPSA) is 99.4 Å². The van der Waals surface area contributed by atoms with Crippen LogP contribution in [0.4, 0.5) is 5.69 Å². The molecule has 0 spiro atoms. The van der Waals surface area contributed by atoms with E-state index in [1.165, 1.54) is 17.8 Å². The number of rotatable bonds is 7. The van der Waals surface area contributed by atoms with Crippen LogP contribution >= 0.6 is 0 Å². The Hall–Kier alpha value is -3.00. The molecule has 1 saturated heterocycles. The van der Waals surface area contributed by atoms with Gasteiger partial charge in [0.15, 0.2) is 0 Å². The fourth-order valence-corrected chi connectivity index (χ4v) is 5.13. The molecule has 4 N–H and O–H groups in total. The van der Waals surface area contributed by atoms with Gasteiger partial charge in [0.1, 0.15) is 12.1 Å². The Morgan fingerprint density at radius 3 is 2.61 bits per heavy atom. The van der Waals surface area contributed by atoms with Crippen LogP contribution in [0, 0.1) is 0 Å².